The molecule has 0 saturated carbocycles. The van der Waals surface area contributed by atoms with Crippen LogP contribution in [0.25, 0.3) is 11.0 Å². The zero-order chi connectivity index (χ0) is 21.7. The second-order valence-electron chi connectivity index (χ2n) is 7.47. The van der Waals surface area contributed by atoms with Crippen molar-refractivity contribution in [1.82, 2.24) is 0 Å². The summed E-state index contributed by atoms with van der Waals surface area (Å²) in [5.41, 5.74) is 10.5. The fraction of sp³-hybridized carbons (Fsp3) is 0.0800. The van der Waals surface area contributed by atoms with Crippen LogP contribution in [0.2, 0.25) is 0 Å². The highest BCUT2D eigenvalue weighted by Crippen LogP contribution is 2.35. The van der Waals surface area contributed by atoms with Crippen LogP contribution in [-0.4, -0.2) is 11.8 Å². The molecule has 1 aromatic heterocycles. The Bertz CT molecular complexity index is 1380. The van der Waals surface area contributed by atoms with E-state index in [0.717, 1.165) is 16.5 Å². The summed E-state index contributed by atoms with van der Waals surface area (Å²) in [4.78, 5) is 26.8. The first-order valence-electron chi connectivity index (χ1n) is 9.76. The molecule has 3 aromatic carbocycles. The number of carbonyl (C=O) groups excluding carboxylic acids is 2. The van der Waals surface area contributed by atoms with Gasteiger partial charge in [0.15, 0.2) is 0 Å². The van der Waals surface area contributed by atoms with Gasteiger partial charge in [0, 0.05) is 17.0 Å². The second kappa shape index (κ2) is 6.94. The predicted octanol–water partition coefficient (Wildman–Crippen LogP) is 4.46. The Morgan fingerprint density at radius 1 is 0.968 bits per heavy atom. The summed E-state index contributed by atoms with van der Waals surface area (Å²) in [6, 6.07) is 20.7. The Labute approximate surface area is 178 Å². The van der Waals surface area contributed by atoms with Crippen LogP contribution in [0, 0.1) is 18.3 Å². The van der Waals surface area contributed by atoms with Gasteiger partial charge >= 0.3 is 0 Å². The highest BCUT2D eigenvalue weighted by atomic mass is 16.3. The number of furan rings is 1. The summed E-state index contributed by atoms with van der Waals surface area (Å²) in [5, 5.41) is 9.84. The first kappa shape index (κ1) is 18.8. The summed E-state index contributed by atoms with van der Waals surface area (Å²) in [6.07, 6.45) is 0. The number of hydrogen-bond acceptors (Lipinski definition) is 5. The van der Waals surface area contributed by atoms with E-state index in [4.69, 9.17) is 15.4 Å². The van der Waals surface area contributed by atoms with Crippen molar-refractivity contribution in [3.05, 3.63) is 100 Å². The zero-order valence-corrected chi connectivity index (χ0v) is 16.6. The molecular formula is C25H17N3O3. The van der Waals surface area contributed by atoms with E-state index >= 15 is 0 Å². The molecule has 2 amide bonds. The van der Waals surface area contributed by atoms with Gasteiger partial charge < -0.3 is 10.2 Å². The van der Waals surface area contributed by atoms with Gasteiger partial charge in [-0.2, -0.15) is 5.26 Å². The molecule has 1 unspecified atom stereocenters. The van der Waals surface area contributed by atoms with Gasteiger partial charge in [0.2, 0.25) is 0 Å². The van der Waals surface area contributed by atoms with E-state index in [1.807, 2.05) is 13.0 Å². The van der Waals surface area contributed by atoms with Crippen LogP contribution in [0.3, 0.4) is 0 Å². The molecule has 0 fully saturated rings. The fourth-order valence-electron chi connectivity index (χ4n) is 4.01. The molecule has 31 heavy (non-hydrogen) atoms. The van der Waals surface area contributed by atoms with Crippen molar-refractivity contribution in [2.75, 3.05) is 4.90 Å². The molecule has 1 atom stereocenters. The van der Waals surface area contributed by atoms with E-state index in [0.29, 0.717) is 33.7 Å². The Hall–Kier alpha value is -4.21. The van der Waals surface area contributed by atoms with Gasteiger partial charge in [-0.1, -0.05) is 24.3 Å². The summed E-state index contributed by atoms with van der Waals surface area (Å²) in [5.74, 6) is -0.102. The van der Waals surface area contributed by atoms with Crippen molar-refractivity contribution >= 4 is 28.5 Å². The number of nitriles is 1. The van der Waals surface area contributed by atoms with Crippen LogP contribution in [0.5, 0.6) is 0 Å². The van der Waals surface area contributed by atoms with Gasteiger partial charge in [-0.15, -0.1) is 0 Å². The molecule has 0 aliphatic carbocycles. The summed E-state index contributed by atoms with van der Waals surface area (Å²) >= 11 is 0. The third kappa shape index (κ3) is 2.83. The maximum atomic E-state index is 12.8. The lowest BCUT2D eigenvalue weighted by molar-refractivity contribution is 0.0926. The van der Waals surface area contributed by atoms with Crippen molar-refractivity contribution < 1.29 is 14.0 Å². The van der Waals surface area contributed by atoms with E-state index in [2.05, 4.69) is 6.07 Å². The van der Waals surface area contributed by atoms with E-state index < -0.39 is 6.04 Å². The number of imide groups is 1. The lowest BCUT2D eigenvalue weighted by Gasteiger charge is -2.13. The largest absolute Gasteiger partial charge is 0.459 e. The highest BCUT2D eigenvalue weighted by molar-refractivity contribution is 6.34. The molecule has 6 heteroatoms. The molecular weight excluding hydrogens is 390 g/mol. The van der Waals surface area contributed by atoms with Gasteiger partial charge in [-0.3, -0.25) is 9.59 Å². The first-order valence-corrected chi connectivity index (χ1v) is 9.76. The number of anilines is 1. The van der Waals surface area contributed by atoms with E-state index in [1.54, 1.807) is 60.7 Å². The lowest BCUT2D eigenvalue weighted by atomic mass is 10.0. The third-order valence-corrected chi connectivity index (χ3v) is 5.69. The molecule has 2 N–H and O–H groups in total. The van der Waals surface area contributed by atoms with Crippen LogP contribution >= 0.6 is 0 Å². The third-order valence-electron chi connectivity index (χ3n) is 5.69. The fourth-order valence-corrected chi connectivity index (χ4v) is 4.01. The van der Waals surface area contributed by atoms with Gasteiger partial charge in [-0.25, -0.2) is 4.90 Å². The van der Waals surface area contributed by atoms with Crippen LogP contribution < -0.4 is 10.6 Å². The number of fused-ring (bicyclic) bond motifs is 2. The molecule has 6 nitrogen and oxygen atoms in total. The molecule has 0 radical (unpaired) electrons. The van der Waals surface area contributed by atoms with Crippen molar-refractivity contribution in [3.8, 4) is 6.07 Å². The number of rotatable bonds is 3. The minimum atomic E-state index is -0.511. The van der Waals surface area contributed by atoms with Gasteiger partial charge in [0.25, 0.3) is 11.8 Å². The number of hydrogen-bond donors (Lipinski definition) is 1. The first-order chi connectivity index (χ1) is 15.0. The number of carbonyl (C=O) groups is 2. The Balaban J connectivity index is 1.54. The number of amides is 2. The predicted molar refractivity (Wildman–Crippen MR) is 116 cm³/mol. The normalized spacial score (nSPS) is 14.0. The minimum Gasteiger partial charge on any atom is -0.459 e. The standard InChI is InChI=1S/C25H17N3O3/c1-14-18-11-10-17(28-24(29)19-4-2-3-5-20(19)25(28)30)12-21(18)31-23(14)22(27)16-8-6-15(13-26)7-9-16/h2-12,22H,27H2,1H3. The number of aryl methyl sites for hydroxylation is 1. The van der Waals surface area contributed by atoms with Crippen LogP contribution in [-0.2, 0) is 0 Å². The van der Waals surface area contributed by atoms with Crippen LogP contribution in [0.15, 0.2) is 71.1 Å². The lowest BCUT2D eigenvalue weighted by Crippen LogP contribution is -2.29. The Kier molecular flexibility index (Phi) is 4.21. The smallest absolute Gasteiger partial charge is 0.266 e. The molecule has 5 rings (SSSR count). The summed E-state index contributed by atoms with van der Waals surface area (Å²) < 4.78 is 6.08. The molecule has 150 valence electrons. The topological polar surface area (TPSA) is 100 Å². The van der Waals surface area contributed by atoms with E-state index in [-0.39, 0.29) is 11.8 Å². The maximum absolute atomic E-state index is 12.8. The molecule has 2 heterocycles. The molecule has 1 aliphatic heterocycles. The molecule has 0 bridgehead atoms. The number of nitrogens with zero attached hydrogens (tertiary/aromatic N) is 2. The van der Waals surface area contributed by atoms with Crippen LogP contribution in [0.1, 0.15) is 49.2 Å². The van der Waals surface area contributed by atoms with Gasteiger partial charge in [-0.05, 0) is 48.9 Å². The molecule has 0 spiro atoms. The average Bonchev–Trinajstić information content (AvgIpc) is 3.27. The highest BCUT2D eigenvalue weighted by Gasteiger charge is 2.36. The number of benzene rings is 3. The maximum Gasteiger partial charge on any atom is 0.266 e. The summed E-state index contributed by atoms with van der Waals surface area (Å²) in [6.45, 7) is 1.92. The second-order valence-corrected chi connectivity index (χ2v) is 7.47. The average molecular weight is 407 g/mol. The van der Waals surface area contributed by atoms with Gasteiger partial charge in [0.05, 0.1) is 34.5 Å². The van der Waals surface area contributed by atoms with E-state index in [9.17, 15) is 9.59 Å². The molecule has 4 aromatic rings. The minimum absolute atomic E-state index is 0.349. The van der Waals surface area contributed by atoms with Gasteiger partial charge in [0.1, 0.15) is 11.3 Å². The van der Waals surface area contributed by atoms with Crippen molar-refractivity contribution in [1.29, 1.82) is 5.26 Å². The monoisotopic (exact) mass is 407 g/mol. The molecule has 1 aliphatic rings. The van der Waals surface area contributed by atoms with Crippen LogP contribution in [0.4, 0.5) is 5.69 Å². The van der Waals surface area contributed by atoms with E-state index in [1.165, 1.54) is 4.90 Å². The quantitative estimate of drug-likeness (QED) is 0.505. The summed E-state index contributed by atoms with van der Waals surface area (Å²) in [7, 11) is 0. The Morgan fingerprint density at radius 2 is 1.61 bits per heavy atom. The van der Waals surface area contributed by atoms with Crippen molar-refractivity contribution in [2.24, 2.45) is 5.73 Å². The van der Waals surface area contributed by atoms with Crippen molar-refractivity contribution in [3.63, 3.8) is 0 Å². The Morgan fingerprint density at radius 3 is 2.23 bits per heavy atom. The SMILES string of the molecule is Cc1c(C(N)c2ccc(C#N)cc2)oc2cc(N3C(=O)c4ccccc4C3=O)ccc12. The van der Waals surface area contributed by atoms with Crippen molar-refractivity contribution in [2.45, 2.75) is 13.0 Å². The molecule has 0 saturated heterocycles. The number of nitrogens with two attached hydrogens (primary N) is 1. The zero-order valence-electron chi connectivity index (χ0n) is 16.6.